The molecule has 0 spiro atoms. The molecule has 3 aliphatic heterocycles. The van der Waals surface area contributed by atoms with E-state index >= 15 is 0 Å². The summed E-state index contributed by atoms with van der Waals surface area (Å²) in [5, 5.41) is 0.667. The number of rotatable bonds is 1. The minimum Gasteiger partial charge on any atom is -0.454 e. The number of nitrogens with zero attached hydrogens (tertiary/aromatic N) is 2. The molecule has 2 atom stereocenters. The lowest BCUT2D eigenvalue weighted by atomic mass is 9.86. The molecule has 3 aliphatic rings. The predicted octanol–water partition coefficient (Wildman–Crippen LogP) is 2.21. The number of benzene rings is 2. The van der Waals surface area contributed by atoms with Crippen molar-refractivity contribution in [2.24, 2.45) is 0 Å². The lowest BCUT2D eigenvalue weighted by Gasteiger charge is -2.46. The van der Waals surface area contributed by atoms with Gasteiger partial charge in [0.25, 0.3) is 0 Å². The molecule has 6 rings (SSSR count). The summed E-state index contributed by atoms with van der Waals surface area (Å²) in [5.41, 5.74) is 0.941. The van der Waals surface area contributed by atoms with Gasteiger partial charge >= 0.3 is 0 Å². The molecular weight excluding hydrogens is 370 g/mol. The topological polar surface area (TPSA) is 74.9 Å². The number of H-pyrrole nitrogens is 1. The molecule has 29 heavy (non-hydrogen) atoms. The summed E-state index contributed by atoms with van der Waals surface area (Å²) in [6.45, 7) is -3.92. The van der Waals surface area contributed by atoms with Crippen LogP contribution in [0.1, 0.15) is 32.4 Å². The maximum atomic E-state index is 13.5. The van der Waals surface area contributed by atoms with E-state index in [2.05, 4.69) is 4.98 Å². The zero-order valence-electron chi connectivity index (χ0n) is 22.0. The maximum absolute atomic E-state index is 13.5. The SMILES string of the molecule is [2H]c1c([2H])c([C@]2([2H])c3[nH]c4ccccc4c3C[C@@H]3C(=O)N(C([2H])([2H])[2H])CC(=O)N32)c([2H])c2c1OCO2. The third kappa shape index (κ3) is 2.24. The second-order valence-electron chi connectivity index (χ2n) is 7.10. The Morgan fingerprint density at radius 1 is 1.24 bits per heavy atom. The number of hydrogen-bond donors (Lipinski definition) is 1. The zero-order chi connectivity index (χ0) is 25.7. The quantitative estimate of drug-likeness (QED) is 0.684. The molecule has 2 amide bonds. The Hall–Kier alpha value is -3.48. The van der Waals surface area contributed by atoms with Crippen molar-refractivity contribution in [1.82, 2.24) is 14.8 Å². The van der Waals surface area contributed by atoms with Crippen molar-refractivity contribution in [1.29, 1.82) is 0 Å². The highest BCUT2D eigenvalue weighted by Crippen LogP contribution is 2.44. The van der Waals surface area contributed by atoms with Crippen molar-refractivity contribution in [3.8, 4) is 11.5 Å². The second kappa shape index (κ2) is 5.76. The second-order valence-corrected chi connectivity index (χ2v) is 7.10. The molecule has 1 saturated heterocycles. The van der Waals surface area contributed by atoms with Crippen molar-refractivity contribution in [3.05, 3.63) is 59.2 Å². The van der Waals surface area contributed by atoms with Crippen molar-refractivity contribution in [3.63, 3.8) is 0 Å². The maximum Gasteiger partial charge on any atom is 0.245 e. The van der Waals surface area contributed by atoms with Gasteiger partial charge in [0, 0.05) is 34.1 Å². The highest BCUT2D eigenvalue weighted by atomic mass is 16.7. The van der Waals surface area contributed by atoms with Crippen LogP contribution in [0, 0.1) is 0 Å². The molecule has 2 aromatic carbocycles. The van der Waals surface area contributed by atoms with Gasteiger partial charge in [-0.3, -0.25) is 9.59 Å². The first-order valence-electron chi connectivity index (χ1n) is 12.6. The third-order valence-corrected chi connectivity index (χ3v) is 5.50. The van der Waals surface area contributed by atoms with Gasteiger partial charge in [0.15, 0.2) is 11.5 Å². The normalized spacial score (nSPS) is 29.2. The molecule has 0 aliphatic carbocycles. The van der Waals surface area contributed by atoms with E-state index in [-0.39, 0.29) is 36.0 Å². The number of likely N-dealkylation sites (N-methyl/N-ethyl adjacent to an activating group) is 1. The fourth-order valence-corrected chi connectivity index (χ4v) is 4.23. The minimum atomic E-state index is -2.86. The van der Waals surface area contributed by atoms with Crippen LogP contribution >= 0.6 is 0 Å². The van der Waals surface area contributed by atoms with Crippen LogP contribution in [0.4, 0.5) is 0 Å². The molecule has 1 N–H and O–H groups in total. The van der Waals surface area contributed by atoms with Crippen molar-refractivity contribution in [2.75, 3.05) is 20.3 Å². The molecule has 0 unspecified atom stereocenters. The Morgan fingerprint density at radius 2 is 2.10 bits per heavy atom. The Morgan fingerprint density at radius 3 is 3.00 bits per heavy atom. The third-order valence-electron chi connectivity index (χ3n) is 5.50. The Kier molecular flexibility index (Phi) is 2.17. The number of aromatic nitrogens is 1. The van der Waals surface area contributed by atoms with Gasteiger partial charge in [-0.25, -0.2) is 0 Å². The van der Waals surface area contributed by atoms with Gasteiger partial charge in [-0.2, -0.15) is 0 Å². The van der Waals surface area contributed by atoms with E-state index in [1.54, 1.807) is 24.3 Å². The molecule has 1 fully saturated rings. The van der Waals surface area contributed by atoms with Crippen LogP contribution < -0.4 is 9.47 Å². The Bertz CT molecular complexity index is 1490. The summed E-state index contributed by atoms with van der Waals surface area (Å²) in [7, 11) is 0. The van der Waals surface area contributed by atoms with Crippen LogP contribution in [0.5, 0.6) is 11.5 Å². The van der Waals surface area contributed by atoms with Gasteiger partial charge in [-0.15, -0.1) is 0 Å². The van der Waals surface area contributed by atoms with Gasteiger partial charge in [0.05, 0.1) is 18.0 Å². The number of ether oxygens (including phenoxy) is 2. The molecular formula is C22H19N3O4. The molecule has 0 saturated carbocycles. The van der Waals surface area contributed by atoms with E-state index in [1.807, 2.05) is 0 Å². The van der Waals surface area contributed by atoms with Crippen molar-refractivity contribution < 1.29 is 28.7 Å². The predicted molar refractivity (Wildman–Crippen MR) is 105 cm³/mol. The van der Waals surface area contributed by atoms with Gasteiger partial charge in [-0.1, -0.05) is 24.2 Å². The number of hydrogen-bond acceptors (Lipinski definition) is 4. The lowest BCUT2D eigenvalue weighted by Crippen LogP contribution is -2.62. The largest absolute Gasteiger partial charge is 0.454 e. The number of fused-ring (bicyclic) bond motifs is 5. The number of carbonyl (C=O) groups excluding carboxylic acids is 2. The summed E-state index contributed by atoms with van der Waals surface area (Å²) in [6, 6.07) is 2.02. The standard InChI is InChI=1S/C22H19N3O4/c1-24-10-19(26)25-16(22(24)27)9-14-13-4-2-3-5-15(13)23-20(14)21(25)12-6-7-17-18(8-12)29-11-28-17/h2-8,16,21,23H,9-11H2,1H3/t16-,21-/m1/s1/i1D3,6D,7D,8D,21D. The number of amides is 2. The van der Waals surface area contributed by atoms with E-state index in [9.17, 15) is 11.0 Å². The van der Waals surface area contributed by atoms with Crippen LogP contribution in [0.25, 0.3) is 10.9 Å². The van der Waals surface area contributed by atoms with Gasteiger partial charge < -0.3 is 24.3 Å². The summed E-state index contributed by atoms with van der Waals surface area (Å²) < 4.78 is 69.5. The van der Waals surface area contributed by atoms with Crippen LogP contribution in [0.3, 0.4) is 0 Å². The van der Waals surface area contributed by atoms with Gasteiger partial charge in [0.2, 0.25) is 18.6 Å². The first-order chi connectivity index (χ1) is 17.0. The number of carbonyl (C=O) groups is 2. The van der Waals surface area contributed by atoms with E-state index in [4.69, 9.17) is 17.7 Å². The van der Waals surface area contributed by atoms with Gasteiger partial charge in [0.1, 0.15) is 6.04 Å². The first kappa shape index (κ1) is 10.9. The smallest absolute Gasteiger partial charge is 0.245 e. The van der Waals surface area contributed by atoms with Crippen molar-refractivity contribution >= 4 is 22.7 Å². The number of para-hydroxylation sites is 1. The summed E-state index contributed by atoms with van der Waals surface area (Å²) in [4.78, 5) is 31.6. The molecule has 0 radical (unpaired) electrons. The zero-order valence-corrected chi connectivity index (χ0v) is 15.0. The molecule has 146 valence electrons. The molecule has 4 heterocycles. The Balaban J connectivity index is 1.68. The first-order valence-corrected chi connectivity index (χ1v) is 9.09. The molecule has 7 nitrogen and oxygen atoms in total. The lowest BCUT2D eigenvalue weighted by molar-refractivity contribution is -0.157. The van der Waals surface area contributed by atoms with Gasteiger partial charge in [-0.05, 0) is 29.3 Å². The van der Waals surface area contributed by atoms with E-state index < -0.39 is 55.5 Å². The Labute approximate surface area is 176 Å². The fourth-order valence-electron chi connectivity index (χ4n) is 4.23. The van der Waals surface area contributed by atoms with Crippen LogP contribution in [-0.4, -0.2) is 53.0 Å². The average molecular weight is 396 g/mol. The summed E-state index contributed by atoms with van der Waals surface area (Å²) in [6.07, 6.45) is -0.0594. The number of piperazine rings is 1. The summed E-state index contributed by atoms with van der Waals surface area (Å²) in [5.74, 6) is -1.90. The molecule has 1 aromatic heterocycles. The van der Waals surface area contributed by atoms with Crippen LogP contribution in [0.2, 0.25) is 0 Å². The molecule has 7 heteroatoms. The highest BCUT2D eigenvalue weighted by Gasteiger charge is 2.47. The fraction of sp³-hybridized carbons (Fsp3) is 0.273. The van der Waals surface area contributed by atoms with E-state index in [0.717, 1.165) is 4.90 Å². The monoisotopic (exact) mass is 396 g/mol. The molecule has 3 aromatic rings. The average Bonchev–Trinajstić information content (AvgIpc) is 3.45. The molecule has 0 bridgehead atoms. The van der Waals surface area contributed by atoms with Crippen molar-refractivity contribution in [2.45, 2.75) is 18.5 Å². The minimum absolute atomic E-state index is 0.0594. The van der Waals surface area contributed by atoms with Crippen LogP contribution in [-0.2, 0) is 16.0 Å². The number of nitrogens with one attached hydrogen (secondary N) is 1. The van der Waals surface area contributed by atoms with E-state index in [0.29, 0.717) is 21.4 Å². The van der Waals surface area contributed by atoms with Crippen LogP contribution in [0.15, 0.2) is 42.4 Å². The number of aromatic amines is 1. The summed E-state index contributed by atoms with van der Waals surface area (Å²) >= 11 is 0. The highest BCUT2D eigenvalue weighted by molar-refractivity contribution is 5.97. The van der Waals surface area contributed by atoms with E-state index in [1.165, 1.54) is 0 Å².